The van der Waals surface area contributed by atoms with E-state index in [0.29, 0.717) is 5.65 Å². The second-order valence-corrected chi connectivity index (χ2v) is 21.7. The van der Waals surface area contributed by atoms with Crippen LogP contribution in [0, 0.1) is 0 Å². The number of aromatic nitrogens is 16. The van der Waals surface area contributed by atoms with E-state index in [1.807, 2.05) is 5.43 Å². The molecular formula is C47H62N24O22. The van der Waals surface area contributed by atoms with Crippen LogP contribution >= 0.6 is 0 Å². The molecule has 25 N–H and O–H groups in total. The van der Waals surface area contributed by atoms with Gasteiger partial charge in [0.2, 0.25) is 23.8 Å². The number of imidazole rings is 4. The third-order valence-corrected chi connectivity index (χ3v) is 14.8. The zero-order valence-electron chi connectivity index (χ0n) is 48.9. The second kappa shape index (κ2) is 25.5. The summed E-state index contributed by atoms with van der Waals surface area (Å²) in [7, 11) is 1.13. The first-order valence-corrected chi connectivity index (χ1v) is 27.2. The SMILES string of the molecule is CC1(C)OC2C(C(=O)O)OC(n3cnc4c(=O)[nH]c(N)nc43)C2O1.CC1(C)OC2C(CO)OC(n3cnc4c(=O)[nH]c(N)nc43)C2O1.COC(=O)C1OC(n2cnc3c(=O)[nH]c(N)nc32)C(O)C1O.NN.NNC(=O)C1OC(n2cnc3c(=O)[nH]c(N)nc32)C(O)C1O. The van der Waals surface area contributed by atoms with Gasteiger partial charge in [-0.3, -0.25) is 79.3 Å². The topological polar surface area (TPSA) is 704 Å². The quantitative estimate of drug-likeness (QED) is 0.0291. The van der Waals surface area contributed by atoms with Gasteiger partial charge in [-0.15, -0.1) is 0 Å². The molecule has 0 spiro atoms. The molecule has 46 heteroatoms. The lowest BCUT2D eigenvalue weighted by Crippen LogP contribution is -2.45. The van der Waals surface area contributed by atoms with E-state index in [0.717, 1.165) is 7.11 Å². The Morgan fingerprint density at radius 2 is 0.849 bits per heavy atom. The number of carbonyl (C=O) groups excluding carboxylic acids is 2. The number of aliphatic hydroxyl groups is 5. The third-order valence-electron chi connectivity index (χ3n) is 14.8. The maximum Gasteiger partial charge on any atom is 0.337 e. The number of carboxylic acid groups (broad SMARTS) is 1. The van der Waals surface area contributed by atoms with Gasteiger partial charge in [0.15, 0.2) is 99.5 Å². The van der Waals surface area contributed by atoms with E-state index in [2.05, 4.69) is 76.2 Å². The molecule has 0 bridgehead atoms. The number of anilines is 4. The maximum atomic E-state index is 11.9. The van der Waals surface area contributed by atoms with Crippen LogP contribution in [0.2, 0.25) is 0 Å². The first-order chi connectivity index (χ1) is 44.0. The van der Waals surface area contributed by atoms with Crippen molar-refractivity contribution in [1.29, 1.82) is 0 Å². The Balaban J connectivity index is 0.000000134. The smallest absolute Gasteiger partial charge is 0.337 e. The molecule has 1 amide bonds. The lowest BCUT2D eigenvalue weighted by atomic mass is 10.1. The summed E-state index contributed by atoms with van der Waals surface area (Å²) >= 11 is 0. The molecule has 16 unspecified atom stereocenters. The molecule has 14 rings (SSSR count). The number of hydrogen-bond donors (Lipinski definition) is 18. The zero-order valence-corrected chi connectivity index (χ0v) is 48.9. The van der Waals surface area contributed by atoms with Gasteiger partial charge in [-0.1, -0.05) is 0 Å². The fraction of sp³-hybridized carbons (Fsp3) is 0.511. The van der Waals surface area contributed by atoms with E-state index in [-0.39, 0.29) is 69.4 Å². The van der Waals surface area contributed by atoms with E-state index in [4.69, 9.17) is 66.7 Å². The van der Waals surface area contributed by atoms with E-state index >= 15 is 0 Å². The first-order valence-electron chi connectivity index (χ1n) is 27.2. The van der Waals surface area contributed by atoms with E-state index < -0.39 is 150 Å². The van der Waals surface area contributed by atoms with Gasteiger partial charge in [-0.2, -0.15) is 19.9 Å². The van der Waals surface area contributed by atoms with Crippen molar-refractivity contribution >= 4 is 86.3 Å². The summed E-state index contributed by atoms with van der Waals surface area (Å²) in [4.78, 5) is 123. The first kappa shape index (κ1) is 66.3. The van der Waals surface area contributed by atoms with Crippen molar-refractivity contribution in [3.8, 4) is 0 Å². The summed E-state index contributed by atoms with van der Waals surface area (Å²) < 4.78 is 55.2. The summed E-state index contributed by atoms with van der Waals surface area (Å²) in [6.45, 7) is 6.76. The van der Waals surface area contributed by atoms with Crippen LogP contribution in [0.15, 0.2) is 44.5 Å². The molecule has 6 saturated heterocycles. The average molecular weight is 1320 g/mol. The summed E-state index contributed by atoms with van der Waals surface area (Å²) in [5.74, 6) is 8.07. The summed E-state index contributed by atoms with van der Waals surface area (Å²) in [5, 5.41) is 58.8. The number of nitrogens with one attached hydrogen (secondary N) is 5. The molecule has 14 heterocycles. The van der Waals surface area contributed by atoms with Gasteiger partial charge < -0.3 is 96.2 Å². The number of nitrogen functional groups attached to an aromatic ring is 4. The molecule has 93 heavy (non-hydrogen) atoms. The van der Waals surface area contributed by atoms with Gasteiger partial charge in [0.25, 0.3) is 28.1 Å². The van der Waals surface area contributed by atoms with Crippen molar-refractivity contribution in [2.45, 2.75) is 137 Å². The zero-order chi connectivity index (χ0) is 67.6. The van der Waals surface area contributed by atoms with Crippen LogP contribution in [0.4, 0.5) is 23.8 Å². The van der Waals surface area contributed by atoms with Crippen molar-refractivity contribution in [3.05, 3.63) is 66.7 Å². The highest BCUT2D eigenvalue weighted by Crippen LogP contribution is 2.45. The highest BCUT2D eigenvalue weighted by molar-refractivity contribution is 5.81. The lowest BCUT2D eigenvalue weighted by molar-refractivity contribution is -0.202. The van der Waals surface area contributed by atoms with Crippen LogP contribution < -0.4 is 68.1 Å². The number of fused-ring (bicyclic) bond motifs is 6. The molecule has 8 aromatic heterocycles. The molecule has 46 nitrogen and oxygen atoms in total. The number of carbonyl (C=O) groups is 3. The van der Waals surface area contributed by atoms with Crippen LogP contribution in [-0.4, -0.2) is 225 Å². The standard InChI is InChI=1S/C13H15N5O6.C13H17N5O5.C11H13N5O6.C10H13N7O5.H4N2/c1-13(2)23-5-6(24-13)10(22-7(5)11(20)21)18-3-15-4-8(18)16-12(14)17-9(4)19;1-13(2)22-7-5(3-19)21-11(8(7)23-13)18-4-15-6-9(18)16-12(14)17-10(6)20;1-21-10(20)6-4(17)5(18)9(22-6)16-2-13-3-7(16)14-11(12)15-8(3)19;11-10-14-6-2(7(20)15-10)13-1-17(6)9-4(19)3(18)5(22-9)8(21)16-12;1-2/h3,5-7,10H,1-2H3,(H,20,21)(H3,14,16,17,19);4-5,7-8,11,19H,3H2,1-2H3,(H3,14,16,17,20);2,4-6,9,17-18H,1H3,(H3,12,14,15,19);1,3-5,9,18-19H,12H2,(H,16,21)(H3,11,14,15,20);1-2H2. The number of esters is 1. The minimum absolute atomic E-state index is 0.0126. The number of methoxy groups -OCH3 is 1. The molecule has 0 radical (unpaired) electrons. The molecular weight excluding hydrogens is 1250 g/mol. The number of nitrogens with two attached hydrogens (primary N) is 7. The molecule has 502 valence electrons. The molecule has 6 fully saturated rings. The number of amides is 1. The fourth-order valence-corrected chi connectivity index (χ4v) is 10.9. The molecule has 6 aliphatic rings. The number of aromatic amines is 4. The second-order valence-electron chi connectivity index (χ2n) is 21.7. The number of carboxylic acids is 1. The van der Waals surface area contributed by atoms with Crippen molar-refractivity contribution in [1.82, 2.24) is 83.5 Å². The predicted molar refractivity (Wildman–Crippen MR) is 305 cm³/mol. The lowest BCUT2D eigenvalue weighted by Gasteiger charge is -2.24. The Morgan fingerprint density at radius 3 is 1.22 bits per heavy atom. The number of nitrogens with zero attached hydrogens (tertiary/aromatic N) is 12. The van der Waals surface area contributed by atoms with Crippen molar-refractivity contribution < 1.29 is 87.7 Å². The fourth-order valence-electron chi connectivity index (χ4n) is 10.9. The number of rotatable bonds is 8. The van der Waals surface area contributed by atoms with Crippen molar-refractivity contribution in [2.24, 2.45) is 17.5 Å². The summed E-state index contributed by atoms with van der Waals surface area (Å²) in [6, 6.07) is 0. The number of hydrazine groups is 2. The molecule has 0 aromatic carbocycles. The monoisotopic (exact) mass is 1310 g/mol. The van der Waals surface area contributed by atoms with Gasteiger partial charge in [0, 0.05) is 0 Å². The van der Waals surface area contributed by atoms with Gasteiger partial charge in [0.1, 0.15) is 54.9 Å². The Hall–Kier alpha value is -9.63. The number of H-pyrrole nitrogens is 4. The molecule has 0 aliphatic carbocycles. The minimum atomic E-state index is -1.51. The van der Waals surface area contributed by atoms with E-state index in [9.17, 15) is 64.2 Å². The van der Waals surface area contributed by atoms with Gasteiger partial charge in [-0.25, -0.2) is 35.4 Å². The maximum absolute atomic E-state index is 11.9. The van der Waals surface area contributed by atoms with E-state index in [1.54, 1.807) is 32.3 Å². The van der Waals surface area contributed by atoms with Gasteiger partial charge >= 0.3 is 11.9 Å². The van der Waals surface area contributed by atoms with E-state index in [1.165, 1.54) is 39.0 Å². The third kappa shape index (κ3) is 12.3. The number of aliphatic carboxylic acids is 1. The number of hydrogen-bond acceptors (Lipinski definition) is 36. The normalized spacial score (nSPS) is 29.5. The van der Waals surface area contributed by atoms with Crippen LogP contribution in [-0.2, 0) is 57.0 Å². The molecule has 0 saturated carbocycles. The van der Waals surface area contributed by atoms with Crippen LogP contribution in [0.25, 0.3) is 44.7 Å². The summed E-state index contributed by atoms with van der Waals surface area (Å²) in [6.07, 6.45) is -11.4. The number of aliphatic hydroxyl groups excluding tert-OH is 5. The molecule has 6 aliphatic heterocycles. The van der Waals surface area contributed by atoms with Crippen LogP contribution in [0.1, 0.15) is 52.6 Å². The Kier molecular flexibility index (Phi) is 18.1. The number of ether oxygens (including phenoxy) is 9. The minimum Gasteiger partial charge on any atom is -0.479 e. The van der Waals surface area contributed by atoms with Gasteiger partial charge in [0.05, 0.1) is 39.0 Å². The summed E-state index contributed by atoms with van der Waals surface area (Å²) in [5.41, 5.74) is 22.7. The largest absolute Gasteiger partial charge is 0.479 e. The average Bonchev–Trinajstić information content (AvgIpc) is 1.61. The predicted octanol–water partition coefficient (Wildman–Crippen LogP) is -9.06. The molecule has 8 aromatic rings. The Morgan fingerprint density at radius 1 is 0.527 bits per heavy atom. The van der Waals surface area contributed by atoms with Crippen LogP contribution in [0.3, 0.4) is 0 Å². The van der Waals surface area contributed by atoms with Crippen molar-refractivity contribution in [3.63, 3.8) is 0 Å². The van der Waals surface area contributed by atoms with Gasteiger partial charge in [-0.05, 0) is 27.7 Å². The van der Waals surface area contributed by atoms with Crippen LogP contribution in [0.5, 0.6) is 0 Å². The Labute approximate surface area is 514 Å². The highest BCUT2D eigenvalue weighted by atomic mass is 16.8. The Bertz CT molecular complexity index is 4240. The highest BCUT2D eigenvalue weighted by Gasteiger charge is 2.59. The molecule has 16 atom stereocenters. The van der Waals surface area contributed by atoms with Crippen molar-refractivity contribution in [2.75, 3.05) is 36.7 Å².